The molecule has 0 aliphatic heterocycles. The number of rotatable bonds is 6. The highest BCUT2D eigenvalue weighted by Crippen LogP contribution is 2.17. The van der Waals surface area contributed by atoms with E-state index in [2.05, 4.69) is 10.3 Å². The van der Waals surface area contributed by atoms with Crippen LogP contribution in [0.25, 0.3) is 0 Å². The second-order valence-electron chi connectivity index (χ2n) is 4.92. The fourth-order valence-corrected chi connectivity index (χ4v) is 1.95. The molecule has 0 saturated heterocycles. The van der Waals surface area contributed by atoms with Gasteiger partial charge >= 0.3 is 0 Å². The minimum atomic E-state index is 0.0148. The lowest BCUT2D eigenvalue weighted by Gasteiger charge is -2.24. The van der Waals surface area contributed by atoms with Gasteiger partial charge in [-0.25, -0.2) is 4.98 Å². The smallest absolute Gasteiger partial charge is 0.239 e. The van der Waals surface area contributed by atoms with Crippen LogP contribution in [0.15, 0.2) is 12.3 Å². The van der Waals surface area contributed by atoms with Gasteiger partial charge in [-0.1, -0.05) is 0 Å². The Kier molecular flexibility index (Phi) is 5.76. The molecular weight excluding hydrogens is 240 g/mol. The van der Waals surface area contributed by atoms with Crippen LogP contribution in [0.5, 0.6) is 0 Å². The zero-order valence-corrected chi connectivity index (χ0v) is 12.2. The maximum atomic E-state index is 11.8. The number of likely N-dealkylation sites (N-methyl/N-ethyl adjacent to an activating group) is 1. The van der Waals surface area contributed by atoms with Gasteiger partial charge in [-0.3, -0.25) is 4.79 Å². The molecule has 5 heteroatoms. The molecule has 0 atom stereocenters. The molecule has 0 spiro atoms. The van der Waals surface area contributed by atoms with E-state index in [9.17, 15) is 4.79 Å². The number of nitrogens with one attached hydrogen (secondary N) is 1. The normalized spacial score (nSPS) is 10.6. The molecular formula is C14H24N4O. The first-order chi connectivity index (χ1) is 8.97. The summed E-state index contributed by atoms with van der Waals surface area (Å²) in [6, 6.07) is 2.17. The predicted molar refractivity (Wildman–Crippen MR) is 78.0 cm³/mol. The van der Waals surface area contributed by atoms with Crippen molar-refractivity contribution < 1.29 is 4.79 Å². The Balaban J connectivity index is 2.82. The highest BCUT2D eigenvalue weighted by molar-refractivity contribution is 5.81. The Bertz CT molecular complexity index is 431. The molecule has 1 rings (SSSR count). The van der Waals surface area contributed by atoms with E-state index < -0.39 is 0 Å². The summed E-state index contributed by atoms with van der Waals surface area (Å²) in [7, 11) is 0. The molecule has 1 aromatic rings. The number of amides is 1. The number of carbonyl (C=O) groups is 1. The van der Waals surface area contributed by atoms with Crippen LogP contribution < -0.4 is 16.0 Å². The number of carbonyl (C=O) groups excluding carboxylic acids is 1. The minimum absolute atomic E-state index is 0.0148. The van der Waals surface area contributed by atoms with E-state index in [4.69, 9.17) is 5.73 Å². The minimum Gasteiger partial charge on any atom is -0.352 e. The molecule has 19 heavy (non-hydrogen) atoms. The van der Waals surface area contributed by atoms with Crippen molar-refractivity contribution in [2.24, 2.45) is 5.73 Å². The Labute approximate surface area is 115 Å². The zero-order chi connectivity index (χ0) is 14.4. The molecule has 1 heterocycles. The first-order valence-corrected chi connectivity index (χ1v) is 6.67. The summed E-state index contributed by atoms with van der Waals surface area (Å²) in [5.74, 6) is 0.861. The molecule has 5 nitrogen and oxygen atoms in total. The van der Waals surface area contributed by atoms with Gasteiger partial charge in [0.2, 0.25) is 5.91 Å². The largest absolute Gasteiger partial charge is 0.352 e. The molecule has 0 bridgehead atoms. The van der Waals surface area contributed by atoms with Gasteiger partial charge in [-0.15, -0.1) is 0 Å². The molecule has 0 fully saturated rings. The lowest BCUT2D eigenvalue weighted by Crippen LogP contribution is -2.40. The fourth-order valence-electron chi connectivity index (χ4n) is 1.95. The molecule has 0 aliphatic carbocycles. The van der Waals surface area contributed by atoms with Gasteiger partial charge in [0.25, 0.3) is 0 Å². The second kappa shape index (κ2) is 7.09. The molecule has 0 aromatic carbocycles. The summed E-state index contributed by atoms with van der Waals surface area (Å²) in [5, 5.41) is 2.89. The van der Waals surface area contributed by atoms with Crippen LogP contribution in [0.4, 0.5) is 5.82 Å². The van der Waals surface area contributed by atoms with Crippen LogP contribution in [0.1, 0.15) is 31.9 Å². The number of hydrogen-bond donors (Lipinski definition) is 2. The second-order valence-corrected chi connectivity index (χ2v) is 4.92. The van der Waals surface area contributed by atoms with Gasteiger partial charge < -0.3 is 16.0 Å². The van der Waals surface area contributed by atoms with E-state index in [1.54, 1.807) is 6.20 Å². The number of pyridine rings is 1. The van der Waals surface area contributed by atoms with Gasteiger partial charge in [0.05, 0.1) is 6.54 Å². The maximum absolute atomic E-state index is 11.8. The van der Waals surface area contributed by atoms with Gasteiger partial charge in [0, 0.05) is 25.3 Å². The first kappa shape index (κ1) is 15.4. The Hall–Kier alpha value is -1.62. The third-order valence-corrected chi connectivity index (χ3v) is 2.81. The van der Waals surface area contributed by atoms with Crippen LogP contribution >= 0.6 is 0 Å². The summed E-state index contributed by atoms with van der Waals surface area (Å²) < 4.78 is 0. The van der Waals surface area contributed by atoms with Crippen LogP contribution in [0.2, 0.25) is 0 Å². The molecule has 0 unspecified atom stereocenters. The monoisotopic (exact) mass is 264 g/mol. The Morgan fingerprint density at radius 1 is 1.53 bits per heavy atom. The topological polar surface area (TPSA) is 71.2 Å². The third kappa shape index (κ3) is 4.52. The number of nitrogens with two attached hydrogens (primary N) is 1. The van der Waals surface area contributed by atoms with E-state index >= 15 is 0 Å². The van der Waals surface area contributed by atoms with Crippen LogP contribution in [0, 0.1) is 6.92 Å². The van der Waals surface area contributed by atoms with Gasteiger partial charge in [0.1, 0.15) is 5.82 Å². The Morgan fingerprint density at radius 3 is 2.68 bits per heavy atom. The molecule has 0 radical (unpaired) electrons. The van der Waals surface area contributed by atoms with E-state index in [0.29, 0.717) is 13.1 Å². The van der Waals surface area contributed by atoms with Crippen molar-refractivity contribution in [1.29, 1.82) is 0 Å². The Morgan fingerprint density at radius 2 is 2.21 bits per heavy atom. The standard InChI is InChI=1S/C14H24N4O/c1-5-18(9-13(19)17-10(2)3)14-11(4)6-12(7-15)8-16-14/h6,8,10H,5,7,9,15H2,1-4H3,(H,17,19). The quantitative estimate of drug-likeness (QED) is 0.810. The molecule has 3 N–H and O–H groups in total. The summed E-state index contributed by atoms with van der Waals surface area (Å²) in [6.45, 7) is 9.45. The predicted octanol–water partition coefficient (Wildman–Crippen LogP) is 1.20. The van der Waals surface area contributed by atoms with E-state index in [-0.39, 0.29) is 11.9 Å². The SMILES string of the molecule is CCN(CC(=O)NC(C)C)c1ncc(CN)cc1C. The van der Waals surface area contributed by atoms with Crippen molar-refractivity contribution in [2.75, 3.05) is 18.0 Å². The molecule has 1 amide bonds. The van der Waals surface area contributed by atoms with E-state index in [0.717, 1.165) is 23.5 Å². The van der Waals surface area contributed by atoms with Crippen molar-refractivity contribution >= 4 is 11.7 Å². The molecule has 0 saturated carbocycles. The van der Waals surface area contributed by atoms with Crippen LogP contribution in [-0.4, -0.2) is 30.0 Å². The average molecular weight is 264 g/mol. The van der Waals surface area contributed by atoms with Gasteiger partial charge in [-0.05, 0) is 44.9 Å². The van der Waals surface area contributed by atoms with Crippen molar-refractivity contribution in [3.63, 3.8) is 0 Å². The van der Waals surface area contributed by atoms with E-state index in [1.807, 2.05) is 38.7 Å². The van der Waals surface area contributed by atoms with Crippen molar-refractivity contribution in [3.8, 4) is 0 Å². The summed E-state index contributed by atoms with van der Waals surface area (Å²) in [6.07, 6.45) is 1.77. The summed E-state index contributed by atoms with van der Waals surface area (Å²) >= 11 is 0. The molecule has 106 valence electrons. The highest BCUT2D eigenvalue weighted by Gasteiger charge is 2.14. The van der Waals surface area contributed by atoms with Crippen LogP contribution in [-0.2, 0) is 11.3 Å². The van der Waals surface area contributed by atoms with Crippen molar-refractivity contribution in [3.05, 3.63) is 23.4 Å². The first-order valence-electron chi connectivity index (χ1n) is 6.67. The molecule has 1 aromatic heterocycles. The third-order valence-electron chi connectivity index (χ3n) is 2.81. The van der Waals surface area contributed by atoms with Crippen molar-refractivity contribution in [2.45, 2.75) is 40.3 Å². The number of aromatic nitrogens is 1. The fraction of sp³-hybridized carbons (Fsp3) is 0.571. The number of nitrogens with zero attached hydrogens (tertiary/aromatic N) is 2. The molecule has 0 aliphatic rings. The lowest BCUT2D eigenvalue weighted by molar-refractivity contribution is -0.120. The number of anilines is 1. The summed E-state index contributed by atoms with van der Waals surface area (Å²) in [4.78, 5) is 18.2. The highest BCUT2D eigenvalue weighted by atomic mass is 16.2. The van der Waals surface area contributed by atoms with Gasteiger partial charge in [0.15, 0.2) is 0 Å². The lowest BCUT2D eigenvalue weighted by atomic mass is 10.2. The zero-order valence-electron chi connectivity index (χ0n) is 12.2. The van der Waals surface area contributed by atoms with E-state index in [1.165, 1.54) is 0 Å². The summed E-state index contributed by atoms with van der Waals surface area (Å²) in [5.41, 5.74) is 7.64. The van der Waals surface area contributed by atoms with Gasteiger partial charge in [-0.2, -0.15) is 0 Å². The maximum Gasteiger partial charge on any atom is 0.239 e. The average Bonchev–Trinajstić information content (AvgIpc) is 2.35. The van der Waals surface area contributed by atoms with Crippen LogP contribution in [0.3, 0.4) is 0 Å². The van der Waals surface area contributed by atoms with Crippen molar-refractivity contribution in [1.82, 2.24) is 10.3 Å². The number of hydrogen-bond acceptors (Lipinski definition) is 4. The number of aryl methyl sites for hydroxylation is 1.